The topological polar surface area (TPSA) is 83.4 Å². The fourth-order valence-corrected chi connectivity index (χ4v) is 1.80. The van der Waals surface area contributed by atoms with Crippen molar-refractivity contribution in [1.82, 2.24) is 9.88 Å². The van der Waals surface area contributed by atoms with Gasteiger partial charge in [-0.1, -0.05) is 30.3 Å². The van der Waals surface area contributed by atoms with Crippen LogP contribution < -0.4 is 10.6 Å². The molecule has 2 rings (SSSR count). The van der Waals surface area contributed by atoms with Gasteiger partial charge in [-0.2, -0.15) is 0 Å². The third kappa shape index (κ3) is 3.38. The molecule has 2 aromatic rings. The average molecular weight is 273 g/mol. The Bertz CT molecular complexity index is 620. The lowest BCUT2D eigenvalue weighted by molar-refractivity contribution is 0.0686. The summed E-state index contributed by atoms with van der Waals surface area (Å²) in [6.07, 6.45) is 1.55. The molecule has 6 heteroatoms. The van der Waals surface area contributed by atoms with E-state index in [4.69, 9.17) is 5.11 Å². The minimum Gasteiger partial charge on any atom is -0.477 e. The molecule has 0 aliphatic heterocycles. The van der Waals surface area contributed by atoms with Gasteiger partial charge in [0.15, 0.2) is 0 Å². The lowest BCUT2D eigenvalue weighted by atomic mass is 10.2. The van der Waals surface area contributed by atoms with Gasteiger partial charge in [0.1, 0.15) is 5.69 Å². The predicted molar refractivity (Wildman–Crippen MR) is 74.7 cm³/mol. The third-order valence-corrected chi connectivity index (χ3v) is 2.78. The maximum Gasteiger partial charge on any atom is 0.352 e. The summed E-state index contributed by atoms with van der Waals surface area (Å²) in [4.78, 5) is 22.6. The van der Waals surface area contributed by atoms with Gasteiger partial charge >= 0.3 is 12.0 Å². The van der Waals surface area contributed by atoms with E-state index in [0.717, 1.165) is 5.56 Å². The van der Waals surface area contributed by atoms with Gasteiger partial charge in [0.25, 0.3) is 0 Å². The number of amides is 2. The summed E-state index contributed by atoms with van der Waals surface area (Å²) >= 11 is 0. The molecule has 0 radical (unpaired) electrons. The van der Waals surface area contributed by atoms with E-state index in [1.807, 2.05) is 30.3 Å². The van der Waals surface area contributed by atoms with Crippen LogP contribution in [-0.2, 0) is 13.6 Å². The van der Waals surface area contributed by atoms with Crippen molar-refractivity contribution in [3.8, 4) is 0 Å². The van der Waals surface area contributed by atoms with Crippen molar-refractivity contribution < 1.29 is 14.7 Å². The van der Waals surface area contributed by atoms with Crippen LogP contribution >= 0.6 is 0 Å². The number of nitrogens with one attached hydrogen (secondary N) is 2. The van der Waals surface area contributed by atoms with Crippen LogP contribution in [0.15, 0.2) is 42.6 Å². The van der Waals surface area contributed by atoms with Crippen molar-refractivity contribution >= 4 is 17.7 Å². The van der Waals surface area contributed by atoms with E-state index in [-0.39, 0.29) is 11.7 Å². The minimum absolute atomic E-state index is 0.114. The maximum atomic E-state index is 11.7. The van der Waals surface area contributed by atoms with Crippen molar-refractivity contribution in [3.63, 3.8) is 0 Å². The van der Waals surface area contributed by atoms with Crippen molar-refractivity contribution in [2.45, 2.75) is 6.54 Å². The second-order valence-corrected chi connectivity index (χ2v) is 4.32. The zero-order valence-corrected chi connectivity index (χ0v) is 11.0. The highest BCUT2D eigenvalue weighted by atomic mass is 16.4. The summed E-state index contributed by atoms with van der Waals surface area (Å²) in [7, 11) is 1.61. The van der Waals surface area contributed by atoms with Crippen LogP contribution in [0.4, 0.5) is 10.5 Å². The molecule has 0 unspecified atom stereocenters. The Morgan fingerprint density at radius 3 is 2.55 bits per heavy atom. The smallest absolute Gasteiger partial charge is 0.352 e. The van der Waals surface area contributed by atoms with E-state index in [1.165, 1.54) is 10.6 Å². The lowest BCUT2D eigenvalue weighted by Crippen LogP contribution is -2.27. The SMILES string of the molecule is Cn1cc(NC(=O)NCc2ccccc2)cc1C(=O)O. The first-order valence-corrected chi connectivity index (χ1v) is 6.04. The van der Waals surface area contributed by atoms with Crippen molar-refractivity contribution in [2.75, 3.05) is 5.32 Å². The molecule has 3 N–H and O–H groups in total. The van der Waals surface area contributed by atoms with Crippen LogP contribution in [-0.4, -0.2) is 21.7 Å². The molecule has 1 heterocycles. The molecule has 0 atom stereocenters. The van der Waals surface area contributed by atoms with Gasteiger partial charge in [-0.15, -0.1) is 0 Å². The minimum atomic E-state index is -1.04. The number of aromatic nitrogens is 1. The highest BCUT2D eigenvalue weighted by molar-refractivity contribution is 5.92. The Morgan fingerprint density at radius 2 is 1.95 bits per heavy atom. The molecule has 0 spiro atoms. The van der Waals surface area contributed by atoms with Crippen molar-refractivity contribution in [1.29, 1.82) is 0 Å². The van der Waals surface area contributed by atoms with Crippen LogP contribution in [0.25, 0.3) is 0 Å². The highest BCUT2D eigenvalue weighted by Crippen LogP contribution is 2.12. The summed E-state index contributed by atoms with van der Waals surface area (Å²) in [5, 5.41) is 14.2. The molecule has 0 fully saturated rings. The van der Waals surface area contributed by atoms with Crippen molar-refractivity contribution in [2.24, 2.45) is 7.05 Å². The number of anilines is 1. The Hall–Kier alpha value is -2.76. The number of carbonyl (C=O) groups excluding carboxylic acids is 1. The van der Waals surface area contributed by atoms with Crippen molar-refractivity contribution in [3.05, 3.63) is 53.9 Å². The summed E-state index contributed by atoms with van der Waals surface area (Å²) < 4.78 is 1.44. The van der Waals surface area contributed by atoms with Gasteiger partial charge in [-0.3, -0.25) is 0 Å². The van der Waals surface area contributed by atoms with E-state index in [0.29, 0.717) is 12.2 Å². The second kappa shape index (κ2) is 5.92. The molecule has 0 bridgehead atoms. The van der Waals surface area contributed by atoms with Crippen LogP contribution in [0.5, 0.6) is 0 Å². The van der Waals surface area contributed by atoms with E-state index < -0.39 is 5.97 Å². The normalized spacial score (nSPS) is 10.1. The molecule has 1 aromatic carbocycles. The zero-order chi connectivity index (χ0) is 14.5. The molecule has 0 aliphatic rings. The van der Waals surface area contributed by atoms with E-state index >= 15 is 0 Å². The fourth-order valence-electron chi connectivity index (χ4n) is 1.80. The first-order valence-electron chi connectivity index (χ1n) is 6.04. The first-order chi connectivity index (χ1) is 9.56. The highest BCUT2D eigenvalue weighted by Gasteiger charge is 2.11. The predicted octanol–water partition coefficient (Wildman–Crippen LogP) is 2.04. The molecule has 20 heavy (non-hydrogen) atoms. The number of rotatable bonds is 4. The van der Waals surface area contributed by atoms with Crippen LogP contribution in [0.1, 0.15) is 16.1 Å². The maximum absolute atomic E-state index is 11.7. The summed E-state index contributed by atoms with van der Waals surface area (Å²) in [5.41, 5.74) is 1.54. The van der Waals surface area contributed by atoms with E-state index in [1.54, 1.807) is 13.2 Å². The molecule has 6 nitrogen and oxygen atoms in total. The van der Waals surface area contributed by atoms with Gasteiger partial charge in [-0.05, 0) is 11.6 Å². The van der Waals surface area contributed by atoms with E-state index in [2.05, 4.69) is 10.6 Å². The Labute approximate surface area is 116 Å². The largest absolute Gasteiger partial charge is 0.477 e. The second-order valence-electron chi connectivity index (χ2n) is 4.32. The Balaban J connectivity index is 1.92. The molecule has 2 amide bonds. The Kier molecular flexibility index (Phi) is 4.05. The molecule has 0 aliphatic carbocycles. The number of aryl methyl sites for hydroxylation is 1. The summed E-state index contributed by atoms with van der Waals surface area (Å²) in [6, 6.07) is 10.5. The molecule has 0 saturated carbocycles. The zero-order valence-electron chi connectivity index (χ0n) is 11.0. The van der Waals surface area contributed by atoms with Gasteiger partial charge in [0, 0.05) is 19.8 Å². The summed E-state index contributed by atoms with van der Waals surface area (Å²) in [6.45, 7) is 0.408. The average Bonchev–Trinajstić information content (AvgIpc) is 2.78. The first kappa shape index (κ1) is 13.7. The van der Waals surface area contributed by atoms with E-state index in [9.17, 15) is 9.59 Å². The number of hydrogen-bond acceptors (Lipinski definition) is 2. The fraction of sp³-hybridized carbons (Fsp3) is 0.143. The number of carboxylic acids is 1. The quantitative estimate of drug-likeness (QED) is 0.797. The van der Waals surface area contributed by atoms with Gasteiger partial charge in [0.2, 0.25) is 0 Å². The van der Waals surface area contributed by atoms with Gasteiger partial charge in [-0.25, -0.2) is 9.59 Å². The van der Waals surface area contributed by atoms with Crippen LogP contribution in [0.3, 0.4) is 0 Å². The number of urea groups is 1. The molecular formula is C14H15N3O3. The van der Waals surface area contributed by atoms with Crippen LogP contribution in [0, 0.1) is 0 Å². The number of carboxylic acid groups (broad SMARTS) is 1. The van der Waals surface area contributed by atoms with Gasteiger partial charge in [0.05, 0.1) is 5.69 Å². The molecule has 0 saturated heterocycles. The number of hydrogen-bond donors (Lipinski definition) is 3. The number of nitrogens with zero attached hydrogens (tertiary/aromatic N) is 1. The molecular weight excluding hydrogens is 258 g/mol. The van der Waals surface area contributed by atoms with Gasteiger partial charge < -0.3 is 20.3 Å². The monoisotopic (exact) mass is 273 g/mol. The Morgan fingerprint density at radius 1 is 1.25 bits per heavy atom. The molecule has 104 valence electrons. The van der Waals surface area contributed by atoms with Crippen LogP contribution in [0.2, 0.25) is 0 Å². The standard InChI is InChI=1S/C14H15N3O3/c1-17-9-11(7-12(17)13(18)19)16-14(20)15-8-10-5-3-2-4-6-10/h2-7,9H,8H2,1H3,(H,18,19)(H2,15,16,20). The molecule has 1 aromatic heterocycles. The lowest BCUT2D eigenvalue weighted by Gasteiger charge is -2.05. The number of carbonyl (C=O) groups is 2. The number of aromatic carboxylic acids is 1. The number of benzene rings is 1. The summed E-state index contributed by atoms with van der Waals surface area (Å²) in [5.74, 6) is -1.04. The third-order valence-electron chi connectivity index (χ3n) is 2.78.